The number of allylic oxidation sites excluding steroid dienone is 2. The summed E-state index contributed by atoms with van der Waals surface area (Å²) in [6.45, 7) is 3.86. The van der Waals surface area contributed by atoms with Crippen molar-refractivity contribution >= 4 is 27.6 Å². The molecule has 148 valence electrons. The summed E-state index contributed by atoms with van der Waals surface area (Å²) in [5, 5.41) is 2.57. The van der Waals surface area contributed by atoms with Crippen molar-refractivity contribution in [3.63, 3.8) is 0 Å². The number of ether oxygens (including phenoxy) is 1. The topological polar surface area (TPSA) is 92.8 Å². The predicted octanol–water partition coefficient (Wildman–Crippen LogP) is 2.56. The summed E-state index contributed by atoms with van der Waals surface area (Å²) in [4.78, 5) is 23.9. The molecule has 0 radical (unpaired) electrons. The minimum absolute atomic E-state index is 0.106. The molecule has 27 heavy (non-hydrogen) atoms. The summed E-state index contributed by atoms with van der Waals surface area (Å²) < 4.78 is 31.4. The van der Waals surface area contributed by atoms with Crippen LogP contribution in [0.15, 0.2) is 41.3 Å². The van der Waals surface area contributed by atoms with Crippen LogP contribution in [0.1, 0.15) is 33.1 Å². The van der Waals surface area contributed by atoms with Crippen LogP contribution in [0, 0.1) is 5.92 Å². The van der Waals surface area contributed by atoms with E-state index in [9.17, 15) is 18.0 Å². The van der Waals surface area contributed by atoms with Crippen LogP contribution in [0.25, 0.3) is 0 Å². The predicted molar refractivity (Wildman–Crippen MR) is 103 cm³/mol. The van der Waals surface area contributed by atoms with E-state index in [-0.39, 0.29) is 17.2 Å². The Morgan fingerprint density at radius 3 is 2.63 bits per heavy atom. The van der Waals surface area contributed by atoms with Crippen molar-refractivity contribution in [2.24, 2.45) is 5.92 Å². The Morgan fingerprint density at radius 2 is 2.00 bits per heavy atom. The number of benzene rings is 1. The van der Waals surface area contributed by atoms with Gasteiger partial charge in [0.2, 0.25) is 10.0 Å². The summed E-state index contributed by atoms with van der Waals surface area (Å²) in [6.07, 6.45) is 6.18. The summed E-state index contributed by atoms with van der Waals surface area (Å²) >= 11 is 0. The second-order valence-corrected chi connectivity index (χ2v) is 8.23. The highest BCUT2D eigenvalue weighted by Crippen LogP contribution is 2.21. The fourth-order valence-electron chi connectivity index (χ4n) is 2.93. The average molecular weight is 394 g/mol. The monoisotopic (exact) mass is 394 g/mol. The molecule has 8 heteroatoms. The SMILES string of the molecule is CCN(CC)S(=O)(=O)c1cccc(NC(=O)COC(=O)C[C@@H]2C=CCC2)c1. The van der Waals surface area contributed by atoms with Crippen molar-refractivity contribution in [1.29, 1.82) is 0 Å². The van der Waals surface area contributed by atoms with Gasteiger partial charge < -0.3 is 10.1 Å². The van der Waals surface area contributed by atoms with E-state index in [0.29, 0.717) is 18.8 Å². The third kappa shape index (κ3) is 5.90. The number of rotatable bonds is 9. The van der Waals surface area contributed by atoms with E-state index < -0.39 is 28.5 Å². The summed E-state index contributed by atoms with van der Waals surface area (Å²) in [5.41, 5.74) is 0.336. The number of anilines is 1. The molecule has 2 rings (SSSR count). The van der Waals surface area contributed by atoms with E-state index in [1.165, 1.54) is 16.4 Å². The van der Waals surface area contributed by atoms with Crippen molar-refractivity contribution in [1.82, 2.24) is 4.31 Å². The van der Waals surface area contributed by atoms with Gasteiger partial charge >= 0.3 is 5.97 Å². The smallest absolute Gasteiger partial charge is 0.306 e. The third-order valence-electron chi connectivity index (χ3n) is 4.37. The zero-order valence-electron chi connectivity index (χ0n) is 15.7. The van der Waals surface area contributed by atoms with Crippen LogP contribution in [0.4, 0.5) is 5.69 Å². The molecule has 7 nitrogen and oxygen atoms in total. The van der Waals surface area contributed by atoms with Crippen LogP contribution in [0.5, 0.6) is 0 Å². The highest BCUT2D eigenvalue weighted by Gasteiger charge is 2.22. The van der Waals surface area contributed by atoms with Gasteiger partial charge in [-0.2, -0.15) is 4.31 Å². The summed E-state index contributed by atoms with van der Waals surface area (Å²) in [7, 11) is -3.61. The van der Waals surface area contributed by atoms with E-state index in [2.05, 4.69) is 5.32 Å². The van der Waals surface area contributed by atoms with E-state index in [4.69, 9.17) is 4.74 Å². The van der Waals surface area contributed by atoms with E-state index >= 15 is 0 Å². The Hall–Kier alpha value is -2.19. The van der Waals surface area contributed by atoms with Gasteiger partial charge in [0.15, 0.2) is 6.61 Å². The molecule has 1 aliphatic carbocycles. The second kappa shape index (κ2) is 9.66. The Bertz CT molecular complexity index is 800. The molecule has 1 atom stereocenters. The van der Waals surface area contributed by atoms with Gasteiger partial charge in [0, 0.05) is 18.8 Å². The second-order valence-electron chi connectivity index (χ2n) is 6.30. The van der Waals surface area contributed by atoms with Gasteiger partial charge in [-0.1, -0.05) is 32.1 Å². The van der Waals surface area contributed by atoms with Crippen LogP contribution >= 0.6 is 0 Å². The fourth-order valence-corrected chi connectivity index (χ4v) is 4.43. The molecule has 0 bridgehead atoms. The quantitative estimate of drug-likeness (QED) is 0.513. The molecule has 0 heterocycles. The number of esters is 1. The van der Waals surface area contributed by atoms with Gasteiger partial charge in [0.1, 0.15) is 0 Å². The fraction of sp³-hybridized carbons (Fsp3) is 0.474. The first-order valence-corrected chi connectivity index (χ1v) is 10.5. The number of hydrogen-bond donors (Lipinski definition) is 1. The molecule has 1 N–H and O–H groups in total. The number of carbonyl (C=O) groups is 2. The van der Waals surface area contributed by atoms with Crippen molar-refractivity contribution in [3.05, 3.63) is 36.4 Å². The van der Waals surface area contributed by atoms with Gasteiger partial charge in [-0.05, 0) is 37.0 Å². The lowest BCUT2D eigenvalue weighted by molar-refractivity contribution is -0.147. The molecule has 0 aromatic heterocycles. The average Bonchev–Trinajstić information content (AvgIpc) is 3.14. The van der Waals surface area contributed by atoms with Crippen LogP contribution < -0.4 is 5.32 Å². The maximum atomic E-state index is 12.6. The highest BCUT2D eigenvalue weighted by atomic mass is 32.2. The van der Waals surface area contributed by atoms with Crippen molar-refractivity contribution < 1.29 is 22.7 Å². The maximum absolute atomic E-state index is 12.6. The molecular formula is C19H26N2O5S. The first-order chi connectivity index (χ1) is 12.9. The molecule has 0 saturated heterocycles. The highest BCUT2D eigenvalue weighted by molar-refractivity contribution is 7.89. The molecule has 1 aromatic carbocycles. The lowest BCUT2D eigenvalue weighted by atomic mass is 10.1. The number of amides is 1. The van der Waals surface area contributed by atoms with E-state index in [1.54, 1.807) is 26.0 Å². The number of hydrogen-bond acceptors (Lipinski definition) is 5. The van der Waals surface area contributed by atoms with Gasteiger partial charge in [0.05, 0.1) is 11.3 Å². The Labute approximate surface area is 160 Å². The van der Waals surface area contributed by atoms with Crippen LogP contribution in [-0.2, 0) is 24.3 Å². The molecule has 1 aromatic rings. The molecule has 0 spiro atoms. The van der Waals surface area contributed by atoms with E-state index in [0.717, 1.165) is 12.8 Å². The zero-order valence-corrected chi connectivity index (χ0v) is 16.5. The van der Waals surface area contributed by atoms with Gasteiger partial charge in [-0.3, -0.25) is 9.59 Å². The lowest BCUT2D eigenvalue weighted by Crippen LogP contribution is -2.30. The third-order valence-corrected chi connectivity index (χ3v) is 6.41. The molecule has 0 saturated carbocycles. The first kappa shape index (κ1) is 21.1. The number of carbonyl (C=O) groups excluding carboxylic acids is 2. The maximum Gasteiger partial charge on any atom is 0.306 e. The van der Waals surface area contributed by atoms with Crippen molar-refractivity contribution in [2.45, 2.75) is 38.0 Å². The summed E-state index contributed by atoms with van der Waals surface area (Å²) in [6, 6.07) is 6.03. The Morgan fingerprint density at radius 1 is 1.26 bits per heavy atom. The first-order valence-electron chi connectivity index (χ1n) is 9.09. The van der Waals surface area contributed by atoms with Crippen LogP contribution in [-0.4, -0.2) is 44.3 Å². The Kier molecular flexibility index (Phi) is 7.55. The summed E-state index contributed by atoms with van der Waals surface area (Å²) in [5.74, 6) is -0.746. The number of nitrogens with one attached hydrogen (secondary N) is 1. The molecule has 1 amide bonds. The van der Waals surface area contributed by atoms with Crippen LogP contribution in [0.3, 0.4) is 0 Å². The van der Waals surface area contributed by atoms with Crippen LogP contribution in [0.2, 0.25) is 0 Å². The minimum atomic E-state index is -3.61. The molecule has 0 unspecified atom stereocenters. The number of nitrogens with zero attached hydrogens (tertiary/aromatic N) is 1. The minimum Gasteiger partial charge on any atom is -0.456 e. The normalized spacial score (nSPS) is 16.5. The Balaban J connectivity index is 1.92. The molecule has 0 aliphatic heterocycles. The lowest BCUT2D eigenvalue weighted by Gasteiger charge is -2.18. The van der Waals surface area contributed by atoms with Crippen molar-refractivity contribution in [3.8, 4) is 0 Å². The van der Waals surface area contributed by atoms with Gasteiger partial charge in [-0.25, -0.2) is 8.42 Å². The zero-order chi connectivity index (χ0) is 19.9. The largest absolute Gasteiger partial charge is 0.456 e. The standard InChI is InChI=1S/C19H26N2O5S/c1-3-21(4-2)27(24,25)17-11-7-10-16(13-17)20-18(22)14-26-19(23)12-15-8-5-6-9-15/h5,7-8,10-11,13,15H,3-4,6,9,12,14H2,1-2H3,(H,20,22)/t15-/m1/s1. The molecule has 0 fully saturated rings. The number of sulfonamides is 1. The van der Waals surface area contributed by atoms with Gasteiger partial charge in [-0.15, -0.1) is 0 Å². The van der Waals surface area contributed by atoms with Crippen molar-refractivity contribution in [2.75, 3.05) is 25.0 Å². The molecule has 1 aliphatic rings. The van der Waals surface area contributed by atoms with E-state index in [1.807, 2.05) is 12.2 Å². The molecular weight excluding hydrogens is 368 g/mol. The van der Waals surface area contributed by atoms with Gasteiger partial charge in [0.25, 0.3) is 5.91 Å².